The van der Waals surface area contributed by atoms with Crippen molar-refractivity contribution >= 4 is 15.9 Å². The van der Waals surface area contributed by atoms with Crippen LogP contribution >= 0.6 is 15.9 Å². The third-order valence-corrected chi connectivity index (χ3v) is 5.58. The van der Waals surface area contributed by atoms with Crippen LogP contribution in [0.25, 0.3) is 0 Å². The zero-order chi connectivity index (χ0) is 14.9. The molecule has 1 saturated carbocycles. The van der Waals surface area contributed by atoms with Crippen molar-refractivity contribution in [2.24, 2.45) is 17.8 Å². The topological polar surface area (TPSA) is 20.2 Å². The minimum absolute atomic E-state index is 0.254. The van der Waals surface area contributed by atoms with Gasteiger partial charge in [0.1, 0.15) is 5.82 Å². The lowest BCUT2D eigenvalue weighted by molar-refractivity contribution is -0.0796. The predicted molar refractivity (Wildman–Crippen MR) is 84.1 cm³/mol. The van der Waals surface area contributed by atoms with Crippen LogP contribution in [0.15, 0.2) is 22.7 Å². The molecule has 112 valence electrons. The average molecular weight is 343 g/mol. The molecule has 1 fully saturated rings. The van der Waals surface area contributed by atoms with Crippen molar-refractivity contribution in [3.8, 4) is 0 Å². The minimum Gasteiger partial charge on any atom is -0.389 e. The van der Waals surface area contributed by atoms with Gasteiger partial charge in [0.2, 0.25) is 0 Å². The van der Waals surface area contributed by atoms with E-state index in [9.17, 15) is 9.50 Å². The van der Waals surface area contributed by atoms with Gasteiger partial charge < -0.3 is 5.11 Å². The maximum absolute atomic E-state index is 13.7. The minimum atomic E-state index is -0.720. The summed E-state index contributed by atoms with van der Waals surface area (Å²) in [6.07, 6.45) is 3.56. The average Bonchev–Trinajstić information content (AvgIpc) is 2.34. The van der Waals surface area contributed by atoms with Gasteiger partial charge in [-0.05, 0) is 58.2 Å². The molecule has 0 amide bonds. The lowest BCUT2D eigenvalue weighted by atomic mass is 9.65. The summed E-state index contributed by atoms with van der Waals surface area (Å²) in [5, 5.41) is 11.2. The van der Waals surface area contributed by atoms with Crippen LogP contribution in [-0.2, 0) is 6.42 Å². The van der Waals surface area contributed by atoms with Crippen LogP contribution in [0, 0.1) is 23.6 Å². The Balaban J connectivity index is 2.29. The fourth-order valence-electron chi connectivity index (χ4n) is 3.76. The van der Waals surface area contributed by atoms with Gasteiger partial charge in [0, 0.05) is 6.42 Å². The van der Waals surface area contributed by atoms with E-state index in [-0.39, 0.29) is 11.7 Å². The lowest BCUT2D eigenvalue weighted by Gasteiger charge is -2.45. The predicted octanol–water partition coefficient (Wildman–Crippen LogP) is 4.95. The maximum atomic E-state index is 13.7. The van der Waals surface area contributed by atoms with E-state index < -0.39 is 5.60 Å². The molecule has 0 aliphatic heterocycles. The highest BCUT2D eigenvalue weighted by atomic mass is 79.9. The largest absolute Gasteiger partial charge is 0.389 e. The molecule has 0 radical (unpaired) electrons. The van der Waals surface area contributed by atoms with Gasteiger partial charge in [-0.15, -0.1) is 0 Å². The molecule has 0 saturated heterocycles. The van der Waals surface area contributed by atoms with Gasteiger partial charge in [-0.2, -0.15) is 0 Å². The summed E-state index contributed by atoms with van der Waals surface area (Å²) in [5.41, 5.74) is 0.148. The lowest BCUT2D eigenvalue weighted by Crippen LogP contribution is -2.47. The zero-order valence-electron chi connectivity index (χ0n) is 12.5. The van der Waals surface area contributed by atoms with Gasteiger partial charge in [0.05, 0.1) is 10.1 Å². The second-order valence-corrected chi connectivity index (χ2v) is 7.52. The van der Waals surface area contributed by atoms with Gasteiger partial charge >= 0.3 is 0 Å². The molecule has 1 aliphatic rings. The molecule has 0 aromatic heterocycles. The van der Waals surface area contributed by atoms with Crippen LogP contribution in [0.4, 0.5) is 4.39 Å². The van der Waals surface area contributed by atoms with Crippen molar-refractivity contribution in [1.82, 2.24) is 0 Å². The van der Waals surface area contributed by atoms with E-state index in [1.54, 1.807) is 6.07 Å². The Hall–Kier alpha value is -0.410. The molecular formula is C17H24BrFO. The van der Waals surface area contributed by atoms with Crippen molar-refractivity contribution in [2.45, 2.75) is 52.1 Å². The Morgan fingerprint density at radius 1 is 1.40 bits per heavy atom. The highest BCUT2D eigenvalue weighted by Gasteiger charge is 2.42. The molecule has 1 N–H and O–H groups in total. The van der Waals surface area contributed by atoms with Crippen molar-refractivity contribution in [1.29, 1.82) is 0 Å². The Kier molecular flexibility index (Phi) is 4.91. The monoisotopic (exact) mass is 342 g/mol. The van der Waals surface area contributed by atoms with Gasteiger partial charge in [0.15, 0.2) is 0 Å². The van der Waals surface area contributed by atoms with E-state index in [2.05, 4.69) is 36.7 Å². The zero-order valence-corrected chi connectivity index (χ0v) is 14.1. The highest BCUT2D eigenvalue weighted by molar-refractivity contribution is 9.10. The third kappa shape index (κ3) is 3.25. The summed E-state index contributed by atoms with van der Waals surface area (Å²) in [4.78, 5) is 0. The van der Waals surface area contributed by atoms with Crippen LogP contribution in [0.2, 0.25) is 0 Å². The third-order valence-electron chi connectivity index (χ3n) is 4.70. The van der Waals surface area contributed by atoms with E-state index >= 15 is 0 Å². The number of benzene rings is 1. The van der Waals surface area contributed by atoms with Crippen LogP contribution in [0.1, 0.15) is 45.6 Å². The van der Waals surface area contributed by atoms with Gasteiger partial charge in [-0.3, -0.25) is 0 Å². The second kappa shape index (κ2) is 6.15. The van der Waals surface area contributed by atoms with Crippen molar-refractivity contribution in [3.63, 3.8) is 0 Å². The summed E-state index contributed by atoms with van der Waals surface area (Å²) in [6.45, 7) is 6.54. The molecule has 20 heavy (non-hydrogen) atoms. The summed E-state index contributed by atoms with van der Waals surface area (Å²) in [7, 11) is 0. The van der Waals surface area contributed by atoms with Crippen molar-refractivity contribution in [2.75, 3.05) is 0 Å². The molecule has 3 heteroatoms. The SMILES string of the molecule is CC1CCC(C(C)C)C(O)(Cc2cccc(F)c2Br)C1. The van der Waals surface area contributed by atoms with E-state index in [1.807, 2.05) is 6.07 Å². The first-order valence-corrected chi connectivity index (χ1v) is 8.28. The van der Waals surface area contributed by atoms with E-state index in [1.165, 1.54) is 12.5 Å². The van der Waals surface area contributed by atoms with E-state index in [4.69, 9.17) is 0 Å². The Morgan fingerprint density at radius 2 is 2.10 bits per heavy atom. The molecule has 1 aromatic carbocycles. The Morgan fingerprint density at radius 3 is 2.75 bits per heavy atom. The molecule has 3 atom stereocenters. The number of hydrogen-bond donors (Lipinski definition) is 1. The van der Waals surface area contributed by atoms with Gasteiger partial charge in [-0.1, -0.05) is 39.3 Å². The fraction of sp³-hybridized carbons (Fsp3) is 0.647. The Labute approximate surface area is 129 Å². The summed E-state index contributed by atoms with van der Waals surface area (Å²) in [6, 6.07) is 5.07. The summed E-state index contributed by atoms with van der Waals surface area (Å²) < 4.78 is 14.2. The first-order valence-electron chi connectivity index (χ1n) is 7.49. The molecule has 0 bridgehead atoms. The molecule has 1 nitrogen and oxygen atoms in total. The molecule has 1 aromatic rings. The first-order chi connectivity index (χ1) is 9.33. The summed E-state index contributed by atoms with van der Waals surface area (Å²) >= 11 is 3.32. The van der Waals surface area contributed by atoms with Crippen LogP contribution in [0.3, 0.4) is 0 Å². The van der Waals surface area contributed by atoms with Crippen LogP contribution < -0.4 is 0 Å². The van der Waals surface area contributed by atoms with Crippen molar-refractivity contribution in [3.05, 3.63) is 34.1 Å². The molecule has 0 spiro atoms. The molecule has 0 heterocycles. The smallest absolute Gasteiger partial charge is 0.137 e. The first kappa shape index (κ1) is 16.0. The second-order valence-electron chi connectivity index (χ2n) is 6.73. The van der Waals surface area contributed by atoms with Gasteiger partial charge in [-0.25, -0.2) is 4.39 Å². The normalized spacial score (nSPS) is 30.8. The standard InChI is InChI=1S/C17H24BrFO/c1-11(2)14-8-7-12(3)9-17(14,20)10-13-5-4-6-15(19)16(13)18/h4-6,11-12,14,20H,7-10H2,1-3H3. The van der Waals surface area contributed by atoms with E-state index in [0.29, 0.717) is 22.7 Å². The van der Waals surface area contributed by atoms with Crippen LogP contribution in [-0.4, -0.2) is 10.7 Å². The van der Waals surface area contributed by atoms with Crippen molar-refractivity contribution < 1.29 is 9.50 Å². The quantitative estimate of drug-likeness (QED) is 0.823. The molecular weight excluding hydrogens is 319 g/mol. The Bertz CT molecular complexity index is 474. The molecule has 1 aliphatic carbocycles. The molecule has 3 unspecified atom stereocenters. The number of hydrogen-bond acceptors (Lipinski definition) is 1. The number of rotatable bonds is 3. The molecule has 2 rings (SSSR count). The van der Waals surface area contributed by atoms with Crippen LogP contribution in [0.5, 0.6) is 0 Å². The highest BCUT2D eigenvalue weighted by Crippen LogP contribution is 2.43. The van der Waals surface area contributed by atoms with E-state index in [0.717, 1.165) is 18.4 Å². The number of aliphatic hydroxyl groups is 1. The fourth-order valence-corrected chi connectivity index (χ4v) is 4.17. The van der Waals surface area contributed by atoms with Gasteiger partial charge in [0.25, 0.3) is 0 Å². The maximum Gasteiger partial charge on any atom is 0.137 e. The number of halogens is 2. The summed E-state index contributed by atoms with van der Waals surface area (Å²) in [5.74, 6) is 1.01.